The van der Waals surface area contributed by atoms with Gasteiger partial charge in [-0.25, -0.2) is 9.59 Å². The maximum Gasteiger partial charge on any atom is 0.509 e. The Hall–Kier alpha value is -5.68. The lowest BCUT2D eigenvalue weighted by atomic mass is 9.80. The maximum absolute atomic E-state index is 13.2. The number of methoxy groups -OCH3 is 2. The molecule has 1 heterocycles. The summed E-state index contributed by atoms with van der Waals surface area (Å²) in [5, 5.41) is 0. The van der Waals surface area contributed by atoms with Crippen LogP contribution < -0.4 is 4.74 Å². The second kappa shape index (κ2) is 17.5. The van der Waals surface area contributed by atoms with E-state index in [0.717, 1.165) is 27.8 Å². The normalized spacial score (nSPS) is 18.3. The van der Waals surface area contributed by atoms with E-state index >= 15 is 0 Å². The van der Waals surface area contributed by atoms with Gasteiger partial charge in [-0.15, -0.1) is 0 Å². The number of hydrogen-bond acceptors (Lipinski definition) is 10. The Morgan fingerprint density at radius 3 is 1.48 bits per heavy atom. The molecular formula is C42H40O10. The molecule has 10 heteroatoms. The highest BCUT2D eigenvalue weighted by Crippen LogP contribution is 2.42. The molecule has 4 atom stereocenters. The lowest BCUT2D eigenvalue weighted by Crippen LogP contribution is -2.43. The molecule has 5 aromatic rings. The van der Waals surface area contributed by atoms with Gasteiger partial charge in [0.15, 0.2) is 18.5 Å². The summed E-state index contributed by atoms with van der Waals surface area (Å²) in [5.41, 5.74) is 2.86. The van der Waals surface area contributed by atoms with E-state index in [1.807, 2.05) is 146 Å². The maximum atomic E-state index is 13.2. The molecule has 52 heavy (non-hydrogen) atoms. The fourth-order valence-electron chi connectivity index (χ4n) is 6.13. The van der Waals surface area contributed by atoms with Gasteiger partial charge in [0.2, 0.25) is 0 Å². The SMILES string of the molecule is COc1ccc(C(OC[C@H]2O[C@H](OC)[C@H](OC(=O)OCc3ccccc3)[C@@H]2OC(=O)OCc2ccccc2)(c2ccccc2)c2ccccc2)cc1. The van der Waals surface area contributed by atoms with Gasteiger partial charge in [0.1, 0.15) is 30.7 Å². The summed E-state index contributed by atoms with van der Waals surface area (Å²) in [6, 6.07) is 45.5. The van der Waals surface area contributed by atoms with Crippen LogP contribution in [0.4, 0.5) is 9.59 Å². The van der Waals surface area contributed by atoms with Crippen molar-refractivity contribution in [3.63, 3.8) is 0 Å². The monoisotopic (exact) mass is 704 g/mol. The van der Waals surface area contributed by atoms with Gasteiger partial charge in [-0.3, -0.25) is 0 Å². The zero-order valence-corrected chi connectivity index (χ0v) is 28.9. The summed E-state index contributed by atoms with van der Waals surface area (Å²) in [6.45, 7) is -0.193. The smallest absolute Gasteiger partial charge is 0.497 e. The van der Waals surface area contributed by atoms with Crippen molar-refractivity contribution in [1.82, 2.24) is 0 Å². The van der Waals surface area contributed by atoms with Crippen LogP contribution in [0.15, 0.2) is 146 Å². The summed E-state index contributed by atoms with van der Waals surface area (Å²) in [5.74, 6) is 0.683. The zero-order chi connectivity index (χ0) is 36.2. The Balaban J connectivity index is 1.30. The molecule has 0 unspecified atom stereocenters. The molecule has 6 rings (SSSR count). The van der Waals surface area contributed by atoms with E-state index in [1.54, 1.807) is 7.11 Å². The molecule has 5 aromatic carbocycles. The van der Waals surface area contributed by atoms with Gasteiger partial charge in [0.05, 0.1) is 13.7 Å². The fourth-order valence-corrected chi connectivity index (χ4v) is 6.13. The van der Waals surface area contributed by atoms with Gasteiger partial charge >= 0.3 is 12.3 Å². The van der Waals surface area contributed by atoms with Crippen molar-refractivity contribution in [2.45, 2.75) is 43.4 Å². The lowest BCUT2D eigenvalue weighted by molar-refractivity contribution is -0.165. The van der Waals surface area contributed by atoms with E-state index in [9.17, 15) is 9.59 Å². The quantitative estimate of drug-likeness (QED) is 0.0839. The molecule has 0 aliphatic carbocycles. The van der Waals surface area contributed by atoms with Gasteiger partial charge in [0, 0.05) is 7.11 Å². The zero-order valence-electron chi connectivity index (χ0n) is 28.9. The molecular weight excluding hydrogens is 664 g/mol. The first-order valence-corrected chi connectivity index (χ1v) is 16.8. The van der Waals surface area contributed by atoms with E-state index in [-0.39, 0.29) is 19.8 Å². The molecule has 268 valence electrons. The van der Waals surface area contributed by atoms with E-state index in [4.69, 9.17) is 37.9 Å². The molecule has 0 N–H and O–H groups in total. The van der Waals surface area contributed by atoms with Crippen molar-refractivity contribution in [1.29, 1.82) is 0 Å². The second-order valence-electron chi connectivity index (χ2n) is 11.9. The molecule has 0 amide bonds. The standard InChI is InChI=1S/C42H40O10/c1-45-35-25-23-34(24-26-35)42(32-19-11-5-12-20-32,33-21-13-6-14-22-33)49-29-36-37(51-40(43)47-27-30-15-7-3-8-16-30)38(39(46-2)50-36)52-41(44)48-28-31-17-9-4-10-18-31/h3-26,36-39H,27-29H2,1-2H3/t36-,37-,38-,39+/m1/s1. The van der Waals surface area contributed by atoms with E-state index in [2.05, 4.69) is 0 Å². The molecule has 0 bridgehead atoms. The van der Waals surface area contributed by atoms with Crippen molar-refractivity contribution < 1.29 is 47.5 Å². The van der Waals surface area contributed by atoms with Crippen LogP contribution >= 0.6 is 0 Å². The first-order valence-electron chi connectivity index (χ1n) is 16.8. The van der Waals surface area contributed by atoms with Gasteiger partial charge < -0.3 is 37.9 Å². The molecule has 1 saturated heterocycles. The number of carbonyl (C=O) groups excluding carboxylic acids is 2. The van der Waals surface area contributed by atoms with Crippen LogP contribution in [0.1, 0.15) is 27.8 Å². The summed E-state index contributed by atoms with van der Waals surface area (Å²) in [6.07, 6.45) is -6.53. The van der Waals surface area contributed by atoms with E-state index in [0.29, 0.717) is 5.75 Å². The van der Waals surface area contributed by atoms with Crippen molar-refractivity contribution >= 4 is 12.3 Å². The van der Waals surface area contributed by atoms with Crippen LogP contribution in [-0.4, -0.2) is 57.7 Å². The predicted molar refractivity (Wildman–Crippen MR) is 190 cm³/mol. The van der Waals surface area contributed by atoms with E-state index in [1.165, 1.54) is 7.11 Å². The van der Waals surface area contributed by atoms with Crippen LogP contribution in [0, 0.1) is 0 Å². The van der Waals surface area contributed by atoms with Crippen LogP contribution in [0.3, 0.4) is 0 Å². The minimum atomic E-state index is -1.23. The molecule has 1 aliphatic rings. The van der Waals surface area contributed by atoms with Crippen LogP contribution in [0.5, 0.6) is 5.75 Å². The third-order valence-electron chi connectivity index (χ3n) is 8.68. The average molecular weight is 705 g/mol. The molecule has 0 radical (unpaired) electrons. The second-order valence-corrected chi connectivity index (χ2v) is 11.9. The van der Waals surface area contributed by atoms with Crippen LogP contribution in [-0.2, 0) is 52.0 Å². The number of rotatable bonds is 14. The Labute approximate surface area is 302 Å². The first-order chi connectivity index (χ1) is 25.5. The summed E-state index contributed by atoms with van der Waals surface area (Å²) >= 11 is 0. The van der Waals surface area contributed by atoms with Crippen molar-refractivity contribution in [2.24, 2.45) is 0 Å². The lowest BCUT2D eigenvalue weighted by Gasteiger charge is -2.37. The third-order valence-corrected chi connectivity index (χ3v) is 8.68. The van der Waals surface area contributed by atoms with Crippen molar-refractivity contribution in [3.8, 4) is 5.75 Å². The Morgan fingerprint density at radius 2 is 1.02 bits per heavy atom. The summed E-state index contributed by atoms with van der Waals surface area (Å²) < 4.78 is 46.8. The highest BCUT2D eigenvalue weighted by Gasteiger charge is 2.52. The largest absolute Gasteiger partial charge is 0.509 e. The van der Waals surface area contributed by atoms with Crippen LogP contribution in [0.25, 0.3) is 0 Å². The number of ether oxygens (including phenoxy) is 8. The summed E-state index contributed by atoms with van der Waals surface area (Å²) in [7, 11) is 3.01. The number of carbonyl (C=O) groups is 2. The number of hydrogen-bond donors (Lipinski definition) is 0. The fraction of sp³-hybridized carbons (Fsp3) is 0.238. The first kappa shape index (κ1) is 36.1. The van der Waals surface area contributed by atoms with Gasteiger partial charge in [0.25, 0.3) is 0 Å². The predicted octanol–water partition coefficient (Wildman–Crippen LogP) is 7.82. The minimum absolute atomic E-state index is 0.0272. The van der Waals surface area contributed by atoms with Gasteiger partial charge in [-0.1, -0.05) is 133 Å². The highest BCUT2D eigenvalue weighted by atomic mass is 16.8. The van der Waals surface area contributed by atoms with Gasteiger partial charge in [-0.05, 0) is 39.9 Å². The van der Waals surface area contributed by atoms with Crippen molar-refractivity contribution in [2.75, 3.05) is 20.8 Å². The van der Waals surface area contributed by atoms with E-state index < -0.39 is 42.5 Å². The molecule has 10 nitrogen and oxygen atoms in total. The molecule has 0 spiro atoms. The molecule has 0 aromatic heterocycles. The number of benzene rings is 5. The third kappa shape index (κ3) is 8.60. The Kier molecular flexibility index (Phi) is 12.2. The topological polar surface area (TPSA) is 108 Å². The van der Waals surface area contributed by atoms with Crippen molar-refractivity contribution in [3.05, 3.63) is 173 Å². The molecule has 0 saturated carbocycles. The van der Waals surface area contributed by atoms with Gasteiger partial charge in [-0.2, -0.15) is 0 Å². The highest BCUT2D eigenvalue weighted by molar-refractivity contribution is 5.62. The van der Waals surface area contributed by atoms with Crippen LogP contribution in [0.2, 0.25) is 0 Å². The summed E-state index contributed by atoms with van der Waals surface area (Å²) in [4.78, 5) is 26.3. The molecule has 1 aliphatic heterocycles. The minimum Gasteiger partial charge on any atom is -0.497 e. The molecule has 1 fully saturated rings. The average Bonchev–Trinajstić information content (AvgIpc) is 3.53. The Morgan fingerprint density at radius 1 is 0.577 bits per heavy atom. The Bertz CT molecular complexity index is 1800.